The molecule has 5 heteroatoms. The summed E-state index contributed by atoms with van der Waals surface area (Å²) in [6.07, 6.45) is 8.82. The number of aromatic nitrogens is 1. The summed E-state index contributed by atoms with van der Waals surface area (Å²) in [6, 6.07) is 11.6. The second kappa shape index (κ2) is 8.90. The van der Waals surface area contributed by atoms with Crippen LogP contribution in [0.5, 0.6) is 5.75 Å². The number of aromatic hydroxyl groups is 1. The van der Waals surface area contributed by atoms with E-state index in [1.807, 2.05) is 24.3 Å². The van der Waals surface area contributed by atoms with Crippen molar-refractivity contribution in [1.29, 1.82) is 0 Å². The molecule has 1 aliphatic rings. The van der Waals surface area contributed by atoms with Crippen LogP contribution in [0.3, 0.4) is 0 Å². The molecule has 3 rings (SSSR count). The number of thioether (sulfide) groups is 1. The van der Waals surface area contributed by atoms with Crippen LogP contribution in [0.4, 0.5) is 0 Å². The highest BCUT2D eigenvalue weighted by Gasteiger charge is 2.26. The van der Waals surface area contributed by atoms with Gasteiger partial charge in [-0.1, -0.05) is 12.1 Å². The first-order valence-electron chi connectivity index (χ1n) is 8.82. The quantitative estimate of drug-likeness (QED) is 0.798. The Morgan fingerprint density at radius 3 is 2.68 bits per heavy atom. The van der Waals surface area contributed by atoms with Gasteiger partial charge in [0.05, 0.1) is 5.75 Å². The van der Waals surface area contributed by atoms with E-state index in [0.29, 0.717) is 17.5 Å². The molecule has 2 heterocycles. The lowest BCUT2D eigenvalue weighted by Gasteiger charge is -2.36. The highest BCUT2D eigenvalue weighted by atomic mass is 32.2. The summed E-state index contributed by atoms with van der Waals surface area (Å²) in [5.74, 6) is 1.02. The number of likely N-dealkylation sites (tertiary alicyclic amines) is 1. The van der Waals surface area contributed by atoms with E-state index in [1.165, 1.54) is 12.0 Å². The zero-order chi connectivity index (χ0) is 17.5. The van der Waals surface area contributed by atoms with Crippen LogP contribution >= 0.6 is 11.8 Å². The smallest absolute Gasteiger partial charge is 0.233 e. The fraction of sp³-hybridized carbons (Fsp3) is 0.400. The number of phenols is 1. The van der Waals surface area contributed by atoms with Crippen molar-refractivity contribution in [3.8, 4) is 5.75 Å². The molecule has 4 nitrogen and oxygen atoms in total. The van der Waals surface area contributed by atoms with Crippen molar-refractivity contribution in [3.63, 3.8) is 0 Å². The lowest BCUT2D eigenvalue weighted by molar-refractivity contribution is -0.132. The van der Waals surface area contributed by atoms with Gasteiger partial charge in [0.2, 0.25) is 5.91 Å². The van der Waals surface area contributed by atoms with Gasteiger partial charge in [-0.2, -0.15) is 0 Å². The van der Waals surface area contributed by atoms with Crippen molar-refractivity contribution in [2.75, 3.05) is 12.3 Å². The molecule has 2 aromatic rings. The number of benzene rings is 1. The van der Waals surface area contributed by atoms with Gasteiger partial charge >= 0.3 is 0 Å². The van der Waals surface area contributed by atoms with Crippen LogP contribution in [0.15, 0.2) is 53.7 Å². The lowest BCUT2D eigenvalue weighted by atomic mass is 9.96. The maximum absolute atomic E-state index is 12.7. The molecule has 1 N–H and O–H groups in total. The Morgan fingerprint density at radius 1 is 1.16 bits per heavy atom. The number of amides is 1. The van der Waals surface area contributed by atoms with E-state index >= 15 is 0 Å². The summed E-state index contributed by atoms with van der Waals surface area (Å²) >= 11 is 1.58. The van der Waals surface area contributed by atoms with Gasteiger partial charge in [-0.3, -0.25) is 9.78 Å². The third-order valence-corrected chi connectivity index (χ3v) is 5.66. The van der Waals surface area contributed by atoms with Gasteiger partial charge in [0.15, 0.2) is 0 Å². The number of phenolic OH excluding ortho intramolecular Hbond substituents is 1. The minimum absolute atomic E-state index is 0.234. The Labute approximate surface area is 153 Å². The second-order valence-electron chi connectivity index (χ2n) is 6.41. The largest absolute Gasteiger partial charge is 0.508 e. The first-order valence-corrected chi connectivity index (χ1v) is 9.81. The predicted octanol–water partition coefficient (Wildman–Crippen LogP) is 3.89. The fourth-order valence-corrected chi connectivity index (χ4v) is 4.06. The summed E-state index contributed by atoms with van der Waals surface area (Å²) in [5.41, 5.74) is 1.21. The molecule has 1 amide bonds. The molecule has 1 aliphatic heterocycles. The van der Waals surface area contributed by atoms with Crippen LogP contribution < -0.4 is 0 Å². The molecular formula is C20H24N2O2S. The number of nitrogens with zero attached hydrogens (tertiary/aromatic N) is 2. The summed E-state index contributed by atoms with van der Waals surface area (Å²) in [6.45, 7) is 0.871. The van der Waals surface area contributed by atoms with Crippen molar-refractivity contribution in [2.45, 2.75) is 43.0 Å². The monoisotopic (exact) mass is 356 g/mol. The molecule has 1 saturated heterocycles. The van der Waals surface area contributed by atoms with Crippen LogP contribution in [-0.2, 0) is 11.2 Å². The van der Waals surface area contributed by atoms with E-state index in [1.54, 1.807) is 36.3 Å². The van der Waals surface area contributed by atoms with Crippen LogP contribution in [0.1, 0.15) is 31.2 Å². The Kier molecular flexibility index (Phi) is 6.34. The van der Waals surface area contributed by atoms with Gasteiger partial charge in [0.1, 0.15) is 5.75 Å². The summed E-state index contributed by atoms with van der Waals surface area (Å²) in [5, 5.41) is 9.38. The molecule has 0 unspecified atom stereocenters. The molecule has 0 bridgehead atoms. The molecule has 1 aromatic carbocycles. The third kappa shape index (κ3) is 5.23. The van der Waals surface area contributed by atoms with Gasteiger partial charge in [-0.05, 0) is 61.9 Å². The molecule has 0 saturated carbocycles. The maximum atomic E-state index is 12.7. The van der Waals surface area contributed by atoms with E-state index in [4.69, 9.17) is 0 Å². The van der Waals surface area contributed by atoms with Crippen LogP contribution in [-0.4, -0.2) is 39.2 Å². The number of hydrogen-bond acceptors (Lipinski definition) is 4. The van der Waals surface area contributed by atoms with Crippen molar-refractivity contribution in [2.24, 2.45) is 0 Å². The van der Waals surface area contributed by atoms with Crippen LogP contribution in [0.25, 0.3) is 0 Å². The normalized spacial score (nSPS) is 17.4. The predicted molar refractivity (Wildman–Crippen MR) is 101 cm³/mol. The van der Waals surface area contributed by atoms with E-state index in [2.05, 4.69) is 9.88 Å². The molecule has 0 aliphatic carbocycles. The van der Waals surface area contributed by atoms with Gasteiger partial charge in [0, 0.05) is 29.9 Å². The Bertz CT molecular complexity index is 676. The second-order valence-corrected chi connectivity index (χ2v) is 7.46. The fourth-order valence-electron chi connectivity index (χ4n) is 3.29. The van der Waals surface area contributed by atoms with Gasteiger partial charge in [0.25, 0.3) is 0 Å². The summed E-state index contributed by atoms with van der Waals surface area (Å²) < 4.78 is 0. The molecule has 1 atom stereocenters. The zero-order valence-electron chi connectivity index (χ0n) is 14.3. The number of rotatable bonds is 6. The maximum Gasteiger partial charge on any atom is 0.233 e. The van der Waals surface area contributed by atoms with Gasteiger partial charge in [-0.25, -0.2) is 0 Å². The Balaban J connectivity index is 1.54. The SMILES string of the molecule is O=C(CSc1ccncc1)N1CCCC[C@H]1CCc1ccc(O)cc1. The van der Waals surface area contributed by atoms with Crippen LogP contribution in [0.2, 0.25) is 0 Å². The van der Waals surface area contributed by atoms with Gasteiger partial charge < -0.3 is 10.0 Å². The minimum atomic E-state index is 0.234. The molecule has 0 spiro atoms. The molecule has 1 aromatic heterocycles. The number of carbonyl (C=O) groups excluding carboxylic acids is 1. The number of piperidine rings is 1. The van der Waals surface area contributed by atoms with Crippen molar-refractivity contribution < 1.29 is 9.90 Å². The van der Waals surface area contributed by atoms with Crippen molar-refractivity contribution in [3.05, 3.63) is 54.4 Å². The third-order valence-electron chi connectivity index (χ3n) is 4.66. The molecule has 1 fully saturated rings. The van der Waals surface area contributed by atoms with E-state index in [0.717, 1.165) is 37.1 Å². The standard InChI is InChI=1S/C20H24N2O2S/c23-18-8-5-16(6-9-18)4-7-17-3-1-2-14-22(17)20(24)15-25-19-10-12-21-13-11-19/h5-6,8-13,17,23H,1-4,7,14-15H2/t17-/m0/s1. The molecule has 132 valence electrons. The van der Waals surface area contributed by atoms with Crippen molar-refractivity contribution in [1.82, 2.24) is 9.88 Å². The van der Waals surface area contributed by atoms with Gasteiger partial charge in [-0.15, -0.1) is 11.8 Å². The zero-order valence-corrected chi connectivity index (χ0v) is 15.1. The lowest BCUT2D eigenvalue weighted by Crippen LogP contribution is -2.44. The first-order chi connectivity index (χ1) is 12.2. The van der Waals surface area contributed by atoms with E-state index in [9.17, 15) is 9.90 Å². The molecule has 25 heavy (non-hydrogen) atoms. The van der Waals surface area contributed by atoms with Crippen molar-refractivity contribution >= 4 is 17.7 Å². The summed E-state index contributed by atoms with van der Waals surface area (Å²) in [4.78, 5) is 19.9. The molecular weight excluding hydrogens is 332 g/mol. The average Bonchev–Trinajstić information content (AvgIpc) is 2.67. The first kappa shape index (κ1) is 17.8. The topological polar surface area (TPSA) is 53.4 Å². The number of aryl methyl sites for hydroxylation is 1. The minimum Gasteiger partial charge on any atom is -0.508 e. The average molecular weight is 356 g/mol. The number of carbonyl (C=O) groups is 1. The highest BCUT2D eigenvalue weighted by Crippen LogP contribution is 2.24. The van der Waals surface area contributed by atoms with E-state index < -0.39 is 0 Å². The highest BCUT2D eigenvalue weighted by molar-refractivity contribution is 8.00. The number of pyridine rings is 1. The Morgan fingerprint density at radius 2 is 1.92 bits per heavy atom. The number of hydrogen-bond donors (Lipinski definition) is 1. The van der Waals surface area contributed by atoms with E-state index in [-0.39, 0.29) is 5.91 Å². The summed E-state index contributed by atoms with van der Waals surface area (Å²) in [7, 11) is 0. The molecule has 0 radical (unpaired) electrons. The van der Waals surface area contributed by atoms with Crippen LogP contribution in [0, 0.1) is 0 Å². The Hall–Kier alpha value is -2.01.